The Bertz CT molecular complexity index is 344. The number of allylic oxidation sites excluding steroid dienone is 3. The van der Waals surface area contributed by atoms with Crippen LogP contribution in [0.4, 0.5) is 4.79 Å². The van der Waals surface area contributed by atoms with Gasteiger partial charge < -0.3 is 4.74 Å². The van der Waals surface area contributed by atoms with Crippen LogP contribution in [0.2, 0.25) is 0 Å². The minimum Gasteiger partial charge on any atom is -0.449 e. The molecule has 1 atom stereocenters. The average molecular weight is 221 g/mol. The first-order valence-corrected chi connectivity index (χ1v) is 6.10. The Morgan fingerprint density at radius 1 is 1.50 bits per heavy atom. The summed E-state index contributed by atoms with van der Waals surface area (Å²) in [5, 5.41) is 0. The van der Waals surface area contributed by atoms with E-state index in [1.54, 1.807) is 0 Å². The molecule has 3 heteroatoms. The molecule has 1 aliphatic heterocycles. The minimum absolute atomic E-state index is 0.121. The summed E-state index contributed by atoms with van der Waals surface area (Å²) >= 11 is 0. The molecule has 3 nitrogen and oxygen atoms in total. The van der Waals surface area contributed by atoms with Crippen molar-refractivity contribution < 1.29 is 9.53 Å². The lowest BCUT2D eigenvalue weighted by molar-refractivity contribution is 0.109. The number of hydrogen-bond acceptors (Lipinski definition) is 2. The van der Waals surface area contributed by atoms with E-state index in [0.29, 0.717) is 6.61 Å². The van der Waals surface area contributed by atoms with Crippen LogP contribution in [-0.2, 0) is 4.74 Å². The molecule has 2 rings (SSSR count). The van der Waals surface area contributed by atoms with E-state index in [9.17, 15) is 4.79 Å². The predicted molar refractivity (Wildman–Crippen MR) is 63.0 cm³/mol. The van der Waals surface area contributed by atoms with E-state index in [1.807, 2.05) is 18.7 Å². The van der Waals surface area contributed by atoms with Gasteiger partial charge in [0.15, 0.2) is 0 Å². The summed E-state index contributed by atoms with van der Waals surface area (Å²) in [5.41, 5.74) is 2.50. The summed E-state index contributed by atoms with van der Waals surface area (Å²) in [6.07, 6.45) is 8.56. The molecule has 0 saturated carbocycles. The first kappa shape index (κ1) is 11.2. The smallest absolute Gasteiger partial charge is 0.414 e. The molecule has 1 aliphatic carbocycles. The van der Waals surface area contributed by atoms with Crippen molar-refractivity contribution in [3.05, 3.63) is 23.4 Å². The fourth-order valence-corrected chi connectivity index (χ4v) is 2.42. The first-order chi connectivity index (χ1) is 7.74. The summed E-state index contributed by atoms with van der Waals surface area (Å²) in [5.74, 6) is 0. The normalized spacial score (nSPS) is 24.4. The van der Waals surface area contributed by atoms with E-state index in [1.165, 1.54) is 24.1 Å². The highest BCUT2D eigenvalue weighted by Crippen LogP contribution is 2.33. The van der Waals surface area contributed by atoms with Crippen LogP contribution in [0.3, 0.4) is 0 Å². The van der Waals surface area contributed by atoms with Crippen LogP contribution in [0.5, 0.6) is 0 Å². The topological polar surface area (TPSA) is 29.5 Å². The van der Waals surface area contributed by atoms with Crippen LogP contribution >= 0.6 is 0 Å². The van der Waals surface area contributed by atoms with Crippen molar-refractivity contribution in [2.24, 2.45) is 0 Å². The molecule has 0 aromatic carbocycles. The predicted octanol–water partition coefficient (Wildman–Crippen LogP) is 3.23. The maximum absolute atomic E-state index is 11.9. The molecule has 0 bridgehead atoms. The molecular formula is C13H19NO2. The molecule has 0 aromatic heterocycles. The number of rotatable bonds is 1. The van der Waals surface area contributed by atoms with Gasteiger partial charge in [-0.25, -0.2) is 4.79 Å². The number of ether oxygens (including phenoxy) is 1. The summed E-state index contributed by atoms with van der Waals surface area (Å²) < 4.78 is 5.12. The Labute approximate surface area is 96.8 Å². The SMILES string of the molecule is CCOC(=O)N1C2=C(C=CC1C)CCCC2. The minimum atomic E-state index is -0.200. The molecule has 1 unspecified atom stereocenters. The second-order valence-electron chi connectivity index (χ2n) is 4.35. The Balaban J connectivity index is 2.24. The van der Waals surface area contributed by atoms with Gasteiger partial charge in [0, 0.05) is 5.70 Å². The van der Waals surface area contributed by atoms with Gasteiger partial charge in [0.1, 0.15) is 0 Å². The third kappa shape index (κ3) is 1.99. The average Bonchev–Trinajstić information content (AvgIpc) is 2.29. The molecule has 0 N–H and O–H groups in total. The molecule has 0 spiro atoms. The van der Waals surface area contributed by atoms with Gasteiger partial charge in [-0.15, -0.1) is 0 Å². The van der Waals surface area contributed by atoms with Gasteiger partial charge >= 0.3 is 6.09 Å². The quantitative estimate of drug-likeness (QED) is 0.680. The number of carbonyl (C=O) groups excluding carboxylic acids is 1. The van der Waals surface area contributed by atoms with Gasteiger partial charge in [-0.1, -0.05) is 12.2 Å². The second kappa shape index (κ2) is 4.73. The Hall–Kier alpha value is -1.25. The Morgan fingerprint density at radius 2 is 2.25 bits per heavy atom. The van der Waals surface area contributed by atoms with Crippen molar-refractivity contribution in [2.45, 2.75) is 45.6 Å². The van der Waals surface area contributed by atoms with Crippen LogP contribution < -0.4 is 0 Å². The maximum atomic E-state index is 11.9. The van der Waals surface area contributed by atoms with E-state index in [0.717, 1.165) is 12.8 Å². The Morgan fingerprint density at radius 3 is 3.00 bits per heavy atom. The van der Waals surface area contributed by atoms with Gasteiger partial charge in [0.25, 0.3) is 0 Å². The number of amides is 1. The fraction of sp³-hybridized carbons (Fsp3) is 0.615. The zero-order valence-electron chi connectivity index (χ0n) is 10.0. The van der Waals surface area contributed by atoms with E-state index in [-0.39, 0.29) is 12.1 Å². The molecule has 16 heavy (non-hydrogen) atoms. The van der Waals surface area contributed by atoms with Crippen molar-refractivity contribution in [3.63, 3.8) is 0 Å². The molecular weight excluding hydrogens is 202 g/mol. The Kier molecular flexibility index (Phi) is 3.32. The molecule has 0 radical (unpaired) electrons. The highest BCUT2D eigenvalue weighted by molar-refractivity contribution is 5.72. The highest BCUT2D eigenvalue weighted by Gasteiger charge is 2.29. The second-order valence-corrected chi connectivity index (χ2v) is 4.35. The molecule has 1 heterocycles. The third-order valence-corrected chi connectivity index (χ3v) is 3.22. The highest BCUT2D eigenvalue weighted by atomic mass is 16.6. The van der Waals surface area contributed by atoms with Crippen molar-refractivity contribution in [3.8, 4) is 0 Å². The molecule has 0 fully saturated rings. The lowest BCUT2D eigenvalue weighted by atomic mass is 9.91. The summed E-state index contributed by atoms with van der Waals surface area (Å²) in [7, 11) is 0. The van der Waals surface area contributed by atoms with E-state index < -0.39 is 0 Å². The maximum Gasteiger partial charge on any atom is 0.414 e. The molecule has 0 saturated heterocycles. The van der Waals surface area contributed by atoms with Crippen LogP contribution in [0.1, 0.15) is 39.5 Å². The van der Waals surface area contributed by atoms with Crippen LogP contribution in [0.25, 0.3) is 0 Å². The third-order valence-electron chi connectivity index (χ3n) is 3.22. The standard InChI is InChI=1S/C13H19NO2/c1-3-16-13(15)14-10(2)8-9-11-6-4-5-7-12(11)14/h8-10H,3-7H2,1-2H3. The summed E-state index contributed by atoms with van der Waals surface area (Å²) in [4.78, 5) is 13.7. The number of hydrogen-bond donors (Lipinski definition) is 0. The monoisotopic (exact) mass is 221 g/mol. The van der Waals surface area contributed by atoms with Gasteiger partial charge in [0.05, 0.1) is 12.6 Å². The zero-order valence-corrected chi connectivity index (χ0v) is 10.0. The largest absolute Gasteiger partial charge is 0.449 e. The molecule has 88 valence electrons. The summed E-state index contributed by atoms with van der Waals surface area (Å²) in [6.45, 7) is 4.32. The van der Waals surface area contributed by atoms with Crippen molar-refractivity contribution >= 4 is 6.09 Å². The lowest BCUT2D eigenvalue weighted by Crippen LogP contribution is -2.40. The molecule has 1 amide bonds. The fourth-order valence-electron chi connectivity index (χ4n) is 2.42. The van der Waals surface area contributed by atoms with Crippen LogP contribution in [0.15, 0.2) is 23.4 Å². The van der Waals surface area contributed by atoms with Crippen molar-refractivity contribution in [1.29, 1.82) is 0 Å². The van der Waals surface area contributed by atoms with Gasteiger partial charge in [-0.3, -0.25) is 4.90 Å². The number of carbonyl (C=O) groups is 1. The van der Waals surface area contributed by atoms with Crippen LogP contribution in [-0.4, -0.2) is 23.6 Å². The van der Waals surface area contributed by atoms with Gasteiger partial charge in [-0.2, -0.15) is 0 Å². The van der Waals surface area contributed by atoms with Crippen molar-refractivity contribution in [2.75, 3.05) is 6.61 Å². The van der Waals surface area contributed by atoms with Gasteiger partial charge in [0.2, 0.25) is 0 Å². The van der Waals surface area contributed by atoms with Crippen molar-refractivity contribution in [1.82, 2.24) is 4.90 Å². The van der Waals surface area contributed by atoms with Gasteiger partial charge in [-0.05, 0) is 45.1 Å². The number of nitrogens with zero attached hydrogens (tertiary/aromatic N) is 1. The first-order valence-electron chi connectivity index (χ1n) is 6.10. The van der Waals surface area contributed by atoms with Crippen LogP contribution in [0, 0.1) is 0 Å². The lowest BCUT2D eigenvalue weighted by Gasteiger charge is -2.35. The van der Waals surface area contributed by atoms with E-state index in [4.69, 9.17) is 4.74 Å². The van der Waals surface area contributed by atoms with E-state index >= 15 is 0 Å². The molecule has 0 aromatic rings. The molecule has 2 aliphatic rings. The summed E-state index contributed by atoms with van der Waals surface area (Å²) in [6, 6.07) is 0.121. The van der Waals surface area contributed by atoms with E-state index in [2.05, 4.69) is 12.2 Å². The zero-order chi connectivity index (χ0) is 11.5.